The van der Waals surface area contributed by atoms with Gasteiger partial charge in [0.25, 0.3) is 7.52 Å². The summed E-state index contributed by atoms with van der Waals surface area (Å²) in [5.74, 6) is 0. The molecule has 0 aliphatic carbocycles. The molecule has 2 N–H and O–H groups in total. The molecule has 120 valence electrons. The van der Waals surface area contributed by atoms with Gasteiger partial charge in [0, 0.05) is 6.54 Å². The van der Waals surface area contributed by atoms with E-state index in [0.717, 1.165) is 19.4 Å². The first-order chi connectivity index (χ1) is 9.06. The van der Waals surface area contributed by atoms with E-state index in [0.29, 0.717) is 13.2 Å². The molecule has 1 saturated heterocycles. The van der Waals surface area contributed by atoms with Gasteiger partial charge in [-0.3, -0.25) is 9.88 Å². The minimum absolute atomic E-state index is 0.215. The fourth-order valence-corrected chi connectivity index (χ4v) is 3.84. The van der Waals surface area contributed by atoms with Gasteiger partial charge in [0.15, 0.2) is 0 Å². The molecule has 2 unspecified atom stereocenters. The summed E-state index contributed by atoms with van der Waals surface area (Å²) in [7, 11) is -2.90. The summed E-state index contributed by atoms with van der Waals surface area (Å²) in [6.45, 7) is 13.8. The molecule has 0 aromatic rings. The lowest BCUT2D eigenvalue weighted by atomic mass is 10.2. The molecule has 1 aliphatic rings. The predicted molar refractivity (Wildman–Crippen MR) is 83.2 cm³/mol. The highest BCUT2D eigenvalue weighted by molar-refractivity contribution is 7.58. The normalized spacial score (nSPS) is 34.0. The van der Waals surface area contributed by atoms with Crippen LogP contribution in [0.3, 0.4) is 0 Å². The van der Waals surface area contributed by atoms with Crippen molar-refractivity contribution in [2.24, 2.45) is 0 Å². The Labute approximate surface area is 123 Å². The van der Waals surface area contributed by atoms with Gasteiger partial charge >= 0.3 is 0 Å². The van der Waals surface area contributed by atoms with Gasteiger partial charge in [0.2, 0.25) is 0 Å². The molecule has 1 aliphatic heterocycles. The van der Waals surface area contributed by atoms with Crippen LogP contribution in [0, 0.1) is 0 Å². The lowest BCUT2D eigenvalue weighted by Crippen LogP contribution is -2.44. The first-order valence-electron chi connectivity index (χ1n) is 7.48. The molecule has 0 aromatic carbocycles. The quantitative estimate of drug-likeness (QED) is 0.673. The molecule has 0 aromatic heterocycles. The summed E-state index contributed by atoms with van der Waals surface area (Å²) in [5, 5.41) is 6.11. The number of rotatable bonds is 0. The molecule has 0 amide bonds. The van der Waals surface area contributed by atoms with Crippen LogP contribution >= 0.6 is 7.52 Å². The Morgan fingerprint density at radius 2 is 1.80 bits per heavy atom. The van der Waals surface area contributed by atoms with Crippen LogP contribution < -0.4 is 10.4 Å². The van der Waals surface area contributed by atoms with Crippen LogP contribution in [0.15, 0.2) is 0 Å². The first-order valence-corrected chi connectivity index (χ1v) is 9.11. The van der Waals surface area contributed by atoms with Gasteiger partial charge in [-0.05, 0) is 60.9 Å². The van der Waals surface area contributed by atoms with Crippen LogP contribution in [-0.4, -0.2) is 36.7 Å². The van der Waals surface area contributed by atoms with E-state index in [2.05, 4.69) is 10.4 Å². The molecule has 20 heavy (non-hydrogen) atoms. The molecule has 1 heterocycles. The summed E-state index contributed by atoms with van der Waals surface area (Å²) in [6, 6.07) is 0. The van der Waals surface area contributed by atoms with Gasteiger partial charge in [-0.2, -0.15) is 0 Å². The Morgan fingerprint density at radius 1 is 1.20 bits per heavy atom. The number of nitrogens with one attached hydrogen (secondary N) is 2. The number of hydrogen-bond donors (Lipinski definition) is 2. The second-order valence-corrected chi connectivity index (χ2v) is 9.97. The molecular formula is C14H31N2O3P. The largest absolute Gasteiger partial charge is 0.359 e. The highest BCUT2D eigenvalue weighted by Crippen LogP contribution is 2.55. The Bertz CT molecular complexity index is 353. The molecule has 0 spiro atoms. The van der Waals surface area contributed by atoms with Crippen molar-refractivity contribution in [3.05, 3.63) is 0 Å². The molecule has 2 atom stereocenters. The predicted octanol–water partition coefficient (Wildman–Crippen LogP) is 3.11. The average Bonchev–Trinajstić information content (AvgIpc) is 2.28. The molecule has 6 heteroatoms. The lowest BCUT2D eigenvalue weighted by Gasteiger charge is -2.35. The summed E-state index contributed by atoms with van der Waals surface area (Å²) in [6.07, 6.45) is 1.76. The lowest BCUT2D eigenvalue weighted by molar-refractivity contribution is -0.0699. The second-order valence-electron chi connectivity index (χ2n) is 7.00. The van der Waals surface area contributed by atoms with Gasteiger partial charge < -0.3 is 9.26 Å². The third-order valence-electron chi connectivity index (χ3n) is 3.36. The summed E-state index contributed by atoms with van der Waals surface area (Å²) < 4.78 is 24.8. The zero-order valence-electron chi connectivity index (χ0n) is 13.8. The minimum atomic E-state index is -2.90. The van der Waals surface area contributed by atoms with Crippen LogP contribution in [0.25, 0.3) is 0 Å². The van der Waals surface area contributed by atoms with Crippen molar-refractivity contribution in [2.75, 3.05) is 19.7 Å². The molecule has 1 fully saturated rings. The highest BCUT2D eigenvalue weighted by atomic mass is 31.2. The zero-order valence-corrected chi connectivity index (χ0v) is 14.7. The molecule has 5 nitrogen and oxygen atoms in total. The van der Waals surface area contributed by atoms with Gasteiger partial charge in [0.05, 0.1) is 17.9 Å². The van der Waals surface area contributed by atoms with Crippen LogP contribution in [-0.2, 0) is 13.8 Å². The highest BCUT2D eigenvalue weighted by Gasteiger charge is 2.39. The third-order valence-corrected chi connectivity index (χ3v) is 6.43. The fourth-order valence-electron chi connectivity index (χ4n) is 1.96. The van der Waals surface area contributed by atoms with E-state index in [1.54, 1.807) is 0 Å². The summed E-state index contributed by atoms with van der Waals surface area (Å²) in [4.78, 5) is 0. The summed E-state index contributed by atoms with van der Waals surface area (Å²) >= 11 is 0. The number of hydrogen-bond acceptors (Lipinski definition) is 4. The molecule has 0 radical (unpaired) electrons. The van der Waals surface area contributed by atoms with E-state index >= 15 is 0 Å². The average molecular weight is 306 g/mol. The van der Waals surface area contributed by atoms with Gasteiger partial charge in [-0.15, -0.1) is 0 Å². The van der Waals surface area contributed by atoms with Crippen molar-refractivity contribution in [2.45, 2.75) is 71.4 Å². The van der Waals surface area contributed by atoms with E-state index in [1.807, 2.05) is 41.5 Å². The van der Waals surface area contributed by atoms with Crippen molar-refractivity contribution in [3.8, 4) is 0 Å². The van der Waals surface area contributed by atoms with Crippen LogP contribution in [0.2, 0.25) is 0 Å². The van der Waals surface area contributed by atoms with Crippen molar-refractivity contribution >= 4 is 7.52 Å². The van der Waals surface area contributed by atoms with E-state index in [-0.39, 0.29) is 11.8 Å². The molecule has 1 rings (SSSR count). The van der Waals surface area contributed by atoms with E-state index in [9.17, 15) is 4.57 Å². The van der Waals surface area contributed by atoms with E-state index < -0.39 is 12.7 Å². The maximum absolute atomic E-state index is 13.1. The smallest absolute Gasteiger partial charge is 0.275 e. The Hall–Kier alpha value is 0.0700. The van der Waals surface area contributed by atoms with Crippen molar-refractivity contribution in [1.82, 2.24) is 10.4 Å². The maximum atomic E-state index is 13.1. The van der Waals surface area contributed by atoms with Crippen molar-refractivity contribution < 1.29 is 13.8 Å². The first kappa shape index (κ1) is 18.1. The minimum Gasteiger partial charge on any atom is -0.359 e. The zero-order chi connectivity index (χ0) is 15.4. The van der Waals surface area contributed by atoms with Crippen molar-refractivity contribution in [1.29, 1.82) is 0 Å². The van der Waals surface area contributed by atoms with Gasteiger partial charge in [-0.1, -0.05) is 0 Å². The Kier molecular flexibility index (Phi) is 6.24. The third kappa shape index (κ3) is 5.45. The number of ether oxygens (including phenoxy) is 1. The standard InChI is InChI=1S/C14H31N2O3P/c1-12-11-18-14(5,6)15-9-7-8-10-16-20(17,19-12)13(2,3)4/h12,15H,7-11H2,1-6H3,(H,16,17). The van der Waals surface area contributed by atoms with Gasteiger partial charge in [-0.25, -0.2) is 5.09 Å². The van der Waals surface area contributed by atoms with Gasteiger partial charge in [0.1, 0.15) is 5.72 Å². The SMILES string of the molecule is CC1COC(C)(C)NCCCCNP(=O)(C(C)(C)C)O1. The molecular weight excluding hydrogens is 275 g/mol. The van der Waals surface area contributed by atoms with E-state index in [1.165, 1.54) is 0 Å². The monoisotopic (exact) mass is 306 g/mol. The van der Waals surface area contributed by atoms with Crippen LogP contribution in [0.5, 0.6) is 0 Å². The molecule has 0 bridgehead atoms. The fraction of sp³-hybridized carbons (Fsp3) is 1.00. The molecule has 0 saturated carbocycles. The Balaban J connectivity index is 2.80. The van der Waals surface area contributed by atoms with E-state index in [4.69, 9.17) is 9.26 Å². The Morgan fingerprint density at radius 3 is 2.40 bits per heavy atom. The second kappa shape index (κ2) is 6.89. The van der Waals surface area contributed by atoms with Crippen LogP contribution in [0.4, 0.5) is 0 Å². The van der Waals surface area contributed by atoms with Crippen LogP contribution in [0.1, 0.15) is 54.4 Å². The topological polar surface area (TPSA) is 59.6 Å². The summed E-state index contributed by atoms with van der Waals surface area (Å²) in [5.41, 5.74) is -0.379. The van der Waals surface area contributed by atoms with Crippen molar-refractivity contribution in [3.63, 3.8) is 0 Å². The maximum Gasteiger partial charge on any atom is 0.275 e.